The maximum absolute atomic E-state index is 14.0. The number of allylic oxidation sites excluding steroid dienone is 1. The zero-order valence-corrected chi connectivity index (χ0v) is 26.9. The Hall–Kier alpha value is -3.54. The number of thiazole rings is 1. The summed E-state index contributed by atoms with van der Waals surface area (Å²) in [6.07, 6.45) is 1.71. The van der Waals surface area contributed by atoms with Gasteiger partial charge >= 0.3 is 5.97 Å². The molecule has 0 N–H and O–H groups in total. The molecule has 1 aliphatic rings. The number of furan rings is 1. The molecule has 5 rings (SSSR count). The van der Waals surface area contributed by atoms with E-state index in [1.165, 1.54) is 33.2 Å². The predicted molar refractivity (Wildman–Crippen MR) is 166 cm³/mol. The lowest BCUT2D eigenvalue weighted by Gasteiger charge is -2.26. The largest absolute Gasteiger partial charge is 0.493 e. The normalized spacial score (nSPS) is 14.9. The quantitative estimate of drug-likeness (QED) is 0.201. The Morgan fingerprint density at radius 3 is 2.57 bits per heavy atom. The molecule has 0 saturated carbocycles. The van der Waals surface area contributed by atoms with Gasteiger partial charge in [-0.15, -0.1) is 0 Å². The SMILES string of the molecule is CCOC(=O)C1=C(C)N=c2s/c(=C/c3ccc(Sc4ccc(C)cc4)o3)c(=O)n2[C@@H]1c1cc(OC)c(OCC)cc1Br. The summed E-state index contributed by atoms with van der Waals surface area (Å²) in [6.45, 7) is 8.04. The number of methoxy groups -OCH3 is 1. The number of rotatable bonds is 9. The van der Waals surface area contributed by atoms with Gasteiger partial charge < -0.3 is 18.6 Å². The monoisotopic (exact) mass is 668 g/mol. The average molecular weight is 670 g/mol. The molecule has 218 valence electrons. The Morgan fingerprint density at radius 1 is 1.12 bits per heavy atom. The highest BCUT2D eigenvalue weighted by Crippen LogP contribution is 2.41. The first-order chi connectivity index (χ1) is 20.2. The van der Waals surface area contributed by atoms with Crippen LogP contribution in [-0.4, -0.2) is 30.9 Å². The number of hydrogen-bond acceptors (Lipinski definition) is 9. The Morgan fingerprint density at radius 2 is 1.88 bits per heavy atom. The van der Waals surface area contributed by atoms with Crippen molar-refractivity contribution in [2.75, 3.05) is 20.3 Å². The Kier molecular flexibility index (Phi) is 9.10. The number of fused-ring (bicyclic) bond motifs is 1. The van der Waals surface area contributed by atoms with E-state index in [2.05, 4.69) is 20.9 Å². The molecule has 2 aromatic heterocycles. The molecule has 1 atom stereocenters. The van der Waals surface area contributed by atoms with Crippen LogP contribution in [0.1, 0.15) is 43.7 Å². The smallest absolute Gasteiger partial charge is 0.338 e. The molecule has 0 aliphatic carbocycles. The van der Waals surface area contributed by atoms with Crippen LogP contribution in [0.3, 0.4) is 0 Å². The van der Waals surface area contributed by atoms with Gasteiger partial charge in [-0.2, -0.15) is 0 Å². The summed E-state index contributed by atoms with van der Waals surface area (Å²) in [6, 6.07) is 14.6. The van der Waals surface area contributed by atoms with Gasteiger partial charge in [0.25, 0.3) is 5.56 Å². The number of carbonyl (C=O) groups is 1. The van der Waals surface area contributed by atoms with Crippen molar-refractivity contribution in [3.63, 3.8) is 0 Å². The van der Waals surface area contributed by atoms with Crippen LogP contribution in [0, 0.1) is 6.92 Å². The third-order valence-corrected chi connectivity index (χ3v) is 9.11. The molecule has 2 aromatic carbocycles. The molecule has 8 nitrogen and oxygen atoms in total. The van der Waals surface area contributed by atoms with Crippen molar-refractivity contribution in [2.24, 2.45) is 4.99 Å². The maximum Gasteiger partial charge on any atom is 0.338 e. The number of halogens is 1. The molecule has 3 heterocycles. The minimum atomic E-state index is -0.814. The molecular weight excluding hydrogens is 640 g/mol. The van der Waals surface area contributed by atoms with Crippen molar-refractivity contribution in [2.45, 2.75) is 43.7 Å². The Balaban J connectivity index is 1.62. The van der Waals surface area contributed by atoms with Crippen molar-refractivity contribution >= 4 is 51.1 Å². The van der Waals surface area contributed by atoms with E-state index in [1.54, 1.807) is 39.2 Å². The van der Waals surface area contributed by atoms with Gasteiger partial charge in [-0.25, -0.2) is 9.79 Å². The van der Waals surface area contributed by atoms with Crippen molar-refractivity contribution in [3.05, 3.63) is 101 Å². The lowest BCUT2D eigenvalue weighted by Crippen LogP contribution is -2.40. The number of hydrogen-bond donors (Lipinski definition) is 0. The third-order valence-electron chi connectivity index (χ3n) is 6.51. The molecule has 0 bridgehead atoms. The third kappa shape index (κ3) is 5.99. The standard InChI is InChI=1S/C31H29BrN2O6S2/c1-6-38-24-16-22(32)21(15-23(24)37-5)28-27(30(36)39-7-2)18(4)33-31-34(28)29(35)25(42-31)14-19-10-13-26(40-19)41-20-11-8-17(3)9-12-20/h8-16,28H,6-7H2,1-5H3/b25-14+/t28-/m1/s1. The summed E-state index contributed by atoms with van der Waals surface area (Å²) < 4.78 is 25.4. The highest BCUT2D eigenvalue weighted by Gasteiger charge is 2.35. The van der Waals surface area contributed by atoms with Crippen LogP contribution in [0.4, 0.5) is 0 Å². The molecular formula is C31H29BrN2O6S2. The number of esters is 1. The molecule has 0 spiro atoms. The van der Waals surface area contributed by atoms with Crippen molar-refractivity contribution in [3.8, 4) is 11.5 Å². The summed E-state index contributed by atoms with van der Waals surface area (Å²) in [5.41, 5.74) is 2.26. The number of nitrogens with zero attached hydrogens (tertiary/aromatic N) is 2. The van der Waals surface area contributed by atoms with E-state index >= 15 is 0 Å². The lowest BCUT2D eigenvalue weighted by molar-refractivity contribution is -0.139. The fourth-order valence-corrected chi connectivity index (χ4v) is 6.94. The van der Waals surface area contributed by atoms with Crippen LogP contribution in [0.2, 0.25) is 0 Å². The molecule has 0 amide bonds. The van der Waals surface area contributed by atoms with Crippen molar-refractivity contribution in [1.29, 1.82) is 0 Å². The van der Waals surface area contributed by atoms with Crippen LogP contribution in [0.5, 0.6) is 11.5 Å². The second-order valence-corrected chi connectivity index (χ2v) is 12.3. The van der Waals surface area contributed by atoms with E-state index in [0.29, 0.717) is 54.0 Å². The summed E-state index contributed by atoms with van der Waals surface area (Å²) in [5.74, 6) is 1.01. The summed E-state index contributed by atoms with van der Waals surface area (Å²) in [7, 11) is 1.54. The van der Waals surface area contributed by atoms with Gasteiger partial charge in [-0.05, 0) is 69.7 Å². The predicted octanol–water partition coefficient (Wildman–Crippen LogP) is 6.02. The van der Waals surface area contributed by atoms with Gasteiger partial charge in [0.15, 0.2) is 21.4 Å². The summed E-state index contributed by atoms with van der Waals surface area (Å²) in [4.78, 5) is 33.4. The number of ether oxygens (including phenoxy) is 3. The zero-order chi connectivity index (χ0) is 30.0. The van der Waals surface area contributed by atoms with Crippen LogP contribution in [-0.2, 0) is 9.53 Å². The van der Waals surface area contributed by atoms with Gasteiger partial charge in [-0.3, -0.25) is 9.36 Å². The minimum Gasteiger partial charge on any atom is -0.493 e. The van der Waals surface area contributed by atoms with E-state index in [-0.39, 0.29) is 17.7 Å². The van der Waals surface area contributed by atoms with Crippen LogP contribution in [0.25, 0.3) is 6.08 Å². The summed E-state index contributed by atoms with van der Waals surface area (Å²) >= 11 is 6.38. The molecule has 4 aromatic rings. The van der Waals surface area contributed by atoms with Gasteiger partial charge in [0.1, 0.15) is 5.76 Å². The van der Waals surface area contributed by atoms with Crippen LogP contribution < -0.4 is 24.4 Å². The van der Waals surface area contributed by atoms with Gasteiger partial charge in [0.05, 0.1) is 42.2 Å². The minimum absolute atomic E-state index is 0.182. The van der Waals surface area contributed by atoms with E-state index in [1.807, 2.05) is 50.2 Å². The Labute approximate surface area is 259 Å². The number of aromatic nitrogens is 1. The van der Waals surface area contributed by atoms with Crippen LogP contribution in [0.15, 0.2) is 88.5 Å². The molecule has 11 heteroatoms. The molecule has 0 fully saturated rings. The highest BCUT2D eigenvalue weighted by atomic mass is 79.9. The summed E-state index contributed by atoms with van der Waals surface area (Å²) in [5, 5.41) is 0.710. The van der Waals surface area contributed by atoms with Crippen molar-refractivity contribution in [1.82, 2.24) is 4.57 Å². The van der Waals surface area contributed by atoms with Gasteiger partial charge in [0, 0.05) is 15.4 Å². The molecule has 42 heavy (non-hydrogen) atoms. The lowest BCUT2D eigenvalue weighted by atomic mass is 9.95. The second kappa shape index (κ2) is 12.8. The Bertz CT molecular complexity index is 1850. The zero-order valence-electron chi connectivity index (χ0n) is 23.7. The first-order valence-electron chi connectivity index (χ1n) is 13.3. The van der Waals surface area contributed by atoms with E-state index < -0.39 is 12.0 Å². The molecule has 0 unspecified atom stereocenters. The first kappa shape index (κ1) is 29.9. The van der Waals surface area contributed by atoms with Gasteiger partial charge in [0.2, 0.25) is 0 Å². The van der Waals surface area contributed by atoms with E-state index in [9.17, 15) is 9.59 Å². The van der Waals surface area contributed by atoms with Crippen LogP contribution >= 0.6 is 39.0 Å². The topological polar surface area (TPSA) is 92.3 Å². The molecule has 0 saturated heterocycles. The second-order valence-electron chi connectivity index (χ2n) is 9.33. The first-order valence-corrected chi connectivity index (χ1v) is 15.7. The highest BCUT2D eigenvalue weighted by molar-refractivity contribution is 9.10. The molecule has 1 aliphatic heterocycles. The molecule has 0 radical (unpaired) electrons. The fourth-order valence-electron chi connectivity index (χ4n) is 4.59. The van der Waals surface area contributed by atoms with Crippen molar-refractivity contribution < 1.29 is 23.4 Å². The maximum atomic E-state index is 14.0. The fraction of sp³-hybridized carbons (Fsp3) is 0.258. The van der Waals surface area contributed by atoms with Gasteiger partial charge in [-0.1, -0.05) is 56.7 Å². The number of carbonyl (C=O) groups excluding carboxylic acids is 1. The van der Waals surface area contributed by atoms with E-state index in [0.717, 1.165) is 4.90 Å². The number of benzene rings is 2. The number of aryl methyl sites for hydroxylation is 1. The average Bonchev–Trinajstić information content (AvgIpc) is 3.53. The van der Waals surface area contributed by atoms with E-state index in [4.69, 9.17) is 18.6 Å².